The normalized spacial score (nSPS) is 11.3. The van der Waals surface area contributed by atoms with Crippen LogP contribution in [0.5, 0.6) is 11.5 Å². The van der Waals surface area contributed by atoms with Gasteiger partial charge in [-0.1, -0.05) is 26.0 Å². The van der Waals surface area contributed by atoms with Crippen molar-refractivity contribution in [2.24, 2.45) is 5.41 Å². The number of Topliss-reactive ketones (excluding diaryl/α,β-unsaturated/α-hetero) is 2. The zero-order valence-corrected chi connectivity index (χ0v) is 17.5. The third kappa shape index (κ3) is 5.69. The van der Waals surface area contributed by atoms with Gasteiger partial charge in [-0.15, -0.1) is 0 Å². The molecule has 28 heavy (non-hydrogen) atoms. The van der Waals surface area contributed by atoms with Crippen molar-refractivity contribution in [3.63, 3.8) is 0 Å². The van der Waals surface area contributed by atoms with Crippen LogP contribution >= 0.6 is 0 Å². The van der Waals surface area contributed by atoms with Crippen LogP contribution < -0.4 is 4.74 Å². The standard InChI is InChI=1S/C24H30O4/c1-16-7-8-17(2)22(13-16)28-12-6-11-24(4,5)23(27)15-20-14-19(18(3)25)9-10-21(20)26/h7-10,13-14,26H,6,11-12,15H2,1-5H3. The third-order valence-electron chi connectivity index (χ3n) is 5.14. The van der Waals surface area contributed by atoms with Gasteiger partial charge in [0.15, 0.2) is 5.78 Å². The fraction of sp³-hybridized carbons (Fsp3) is 0.417. The number of rotatable bonds is 9. The van der Waals surface area contributed by atoms with E-state index < -0.39 is 5.41 Å². The first-order chi connectivity index (χ1) is 13.1. The van der Waals surface area contributed by atoms with Gasteiger partial charge in [-0.05, 0) is 69.0 Å². The van der Waals surface area contributed by atoms with Crippen LogP contribution in [-0.2, 0) is 11.2 Å². The van der Waals surface area contributed by atoms with E-state index in [0.717, 1.165) is 23.3 Å². The molecule has 0 fully saturated rings. The van der Waals surface area contributed by atoms with Crippen LogP contribution in [-0.4, -0.2) is 23.3 Å². The minimum absolute atomic E-state index is 0.0373. The molecule has 1 N–H and O–H groups in total. The molecule has 0 aromatic heterocycles. The highest BCUT2D eigenvalue weighted by Crippen LogP contribution is 2.29. The Balaban J connectivity index is 1.93. The average molecular weight is 383 g/mol. The van der Waals surface area contributed by atoms with E-state index in [2.05, 4.69) is 6.07 Å². The van der Waals surface area contributed by atoms with E-state index in [-0.39, 0.29) is 23.7 Å². The SMILES string of the molecule is CC(=O)c1ccc(O)c(CC(=O)C(C)(C)CCCOc2cc(C)ccc2C)c1. The summed E-state index contributed by atoms with van der Waals surface area (Å²) >= 11 is 0. The van der Waals surface area contributed by atoms with E-state index in [9.17, 15) is 14.7 Å². The lowest BCUT2D eigenvalue weighted by atomic mass is 9.80. The van der Waals surface area contributed by atoms with Gasteiger partial charge in [-0.2, -0.15) is 0 Å². The Hall–Kier alpha value is -2.62. The molecule has 0 atom stereocenters. The van der Waals surface area contributed by atoms with Crippen molar-refractivity contribution in [3.8, 4) is 11.5 Å². The Morgan fingerprint density at radius 3 is 2.46 bits per heavy atom. The molecule has 0 heterocycles. The first-order valence-corrected chi connectivity index (χ1v) is 9.66. The number of carbonyl (C=O) groups is 2. The summed E-state index contributed by atoms with van der Waals surface area (Å²) in [6.45, 7) is 9.90. The van der Waals surface area contributed by atoms with Crippen molar-refractivity contribution >= 4 is 11.6 Å². The predicted octanol–water partition coefficient (Wildman–Crippen LogP) is 5.21. The first kappa shape index (κ1) is 21.7. The van der Waals surface area contributed by atoms with Gasteiger partial charge >= 0.3 is 0 Å². The highest BCUT2D eigenvalue weighted by atomic mass is 16.5. The quantitative estimate of drug-likeness (QED) is 0.478. The lowest BCUT2D eigenvalue weighted by Gasteiger charge is -2.23. The molecule has 0 unspecified atom stereocenters. The third-order valence-corrected chi connectivity index (χ3v) is 5.14. The molecule has 2 aromatic rings. The highest BCUT2D eigenvalue weighted by Gasteiger charge is 2.27. The van der Waals surface area contributed by atoms with E-state index in [0.29, 0.717) is 24.2 Å². The van der Waals surface area contributed by atoms with Crippen molar-refractivity contribution in [3.05, 3.63) is 58.7 Å². The lowest BCUT2D eigenvalue weighted by molar-refractivity contribution is -0.126. The number of benzene rings is 2. The highest BCUT2D eigenvalue weighted by molar-refractivity contribution is 5.95. The molecule has 0 bridgehead atoms. The number of phenols is 1. The lowest BCUT2D eigenvalue weighted by Crippen LogP contribution is -2.26. The zero-order chi connectivity index (χ0) is 20.9. The van der Waals surface area contributed by atoms with Gasteiger partial charge in [-0.25, -0.2) is 0 Å². The summed E-state index contributed by atoms with van der Waals surface area (Å²) in [6, 6.07) is 10.8. The van der Waals surface area contributed by atoms with E-state index in [1.165, 1.54) is 13.0 Å². The number of phenolic OH excluding ortho intramolecular Hbond substituents is 1. The second kappa shape index (κ2) is 9.05. The van der Waals surface area contributed by atoms with E-state index >= 15 is 0 Å². The Morgan fingerprint density at radius 2 is 1.79 bits per heavy atom. The van der Waals surface area contributed by atoms with Crippen LogP contribution in [0.4, 0.5) is 0 Å². The van der Waals surface area contributed by atoms with Gasteiger partial charge in [0.05, 0.1) is 6.61 Å². The number of aromatic hydroxyl groups is 1. The summed E-state index contributed by atoms with van der Waals surface area (Å²) in [7, 11) is 0. The van der Waals surface area contributed by atoms with Crippen LogP contribution in [0.3, 0.4) is 0 Å². The van der Waals surface area contributed by atoms with Crippen LogP contribution in [0.1, 0.15) is 60.7 Å². The minimum Gasteiger partial charge on any atom is -0.508 e. The summed E-state index contributed by atoms with van der Waals surface area (Å²) in [5, 5.41) is 10.0. The number of aryl methyl sites for hydroxylation is 2. The summed E-state index contributed by atoms with van der Waals surface area (Å²) in [6.07, 6.45) is 1.55. The van der Waals surface area contributed by atoms with Gasteiger partial charge in [0.1, 0.15) is 17.3 Å². The maximum atomic E-state index is 12.8. The van der Waals surface area contributed by atoms with Gasteiger partial charge < -0.3 is 9.84 Å². The maximum Gasteiger partial charge on any atom is 0.159 e. The first-order valence-electron chi connectivity index (χ1n) is 9.66. The van der Waals surface area contributed by atoms with Crippen molar-refractivity contribution in [2.45, 2.75) is 53.9 Å². The molecular formula is C24H30O4. The largest absolute Gasteiger partial charge is 0.508 e. The molecule has 0 saturated heterocycles. The van der Waals surface area contributed by atoms with E-state index in [1.54, 1.807) is 12.1 Å². The molecular weight excluding hydrogens is 352 g/mol. The fourth-order valence-electron chi connectivity index (χ4n) is 3.06. The number of hydrogen-bond acceptors (Lipinski definition) is 4. The number of carbonyl (C=O) groups excluding carboxylic acids is 2. The number of ketones is 2. The molecule has 0 aliphatic carbocycles. The molecule has 0 amide bonds. The Kier molecular flexibility index (Phi) is 7.00. The van der Waals surface area contributed by atoms with Gasteiger partial charge in [0, 0.05) is 23.0 Å². The Bertz CT molecular complexity index is 865. The number of hydrogen-bond donors (Lipinski definition) is 1. The van der Waals surface area contributed by atoms with Crippen LogP contribution in [0.25, 0.3) is 0 Å². The van der Waals surface area contributed by atoms with Crippen LogP contribution in [0.15, 0.2) is 36.4 Å². The summed E-state index contributed by atoms with van der Waals surface area (Å²) in [5.74, 6) is 0.884. The molecule has 0 aliphatic heterocycles. The van der Waals surface area contributed by atoms with Crippen molar-refractivity contribution in [2.75, 3.05) is 6.61 Å². The minimum atomic E-state index is -0.538. The van der Waals surface area contributed by atoms with E-state index in [4.69, 9.17) is 4.74 Å². The second-order valence-corrected chi connectivity index (χ2v) is 8.10. The monoisotopic (exact) mass is 382 g/mol. The molecule has 150 valence electrons. The molecule has 2 aromatic carbocycles. The molecule has 0 spiro atoms. The predicted molar refractivity (Wildman–Crippen MR) is 111 cm³/mol. The van der Waals surface area contributed by atoms with E-state index in [1.807, 2.05) is 39.8 Å². The van der Waals surface area contributed by atoms with Gasteiger partial charge in [0.25, 0.3) is 0 Å². The topological polar surface area (TPSA) is 63.6 Å². The van der Waals surface area contributed by atoms with Crippen molar-refractivity contribution in [1.29, 1.82) is 0 Å². The zero-order valence-electron chi connectivity index (χ0n) is 17.5. The van der Waals surface area contributed by atoms with Gasteiger partial charge in [0.2, 0.25) is 0 Å². The Morgan fingerprint density at radius 1 is 1.07 bits per heavy atom. The smallest absolute Gasteiger partial charge is 0.159 e. The summed E-state index contributed by atoms with van der Waals surface area (Å²) in [4.78, 5) is 24.3. The molecule has 0 saturated carbocycles. The van der Waals surface area contributed by atoms with Crippen LogP contribution in [0.2, 0.25) is 0 Å². The van der Waals surface area contributed by atoms with Crippen molar-refractivity contribution < 1.29 is 19.4 Å². The molecule has 4 nitrogen and oxygen atoms in total. The molecule has 0 aliphatic rings. The average Bonchev–Trinajstić information content (AvgIpc) is 2.63. The van der Waals surface area contributed by atoms with Gasteiger partial charge in [-0.3, -0.25) is 9.59 Å². The summed E-state index contributed by atoms with van der Waals surface area (Å²) < 4.78 is 5.88. The second-order valence-electron chi connectivity index (χ2n) is 8.10. The molecule has 2 rings (SSSR count). The Labute approximate surface area is 167 Å². The molecule has 4 heteroatoms. The van der Waals surface area contributed by atoms with Crippen LogP contribution in [0, 0.1) is 19.3 Å². The summed E-state index contributed by atoms with van der Waals surface area (Å²) in [5.41, 5.74) is 2.71. The van der Waals surface area contributed by atoms with Crippen molar-refractivity contribution in [1.82, 2.24) is 0 Å². The number of ether oxygens (including phenoxy) is 1. The molecule has 0 radical (unpaired) electrons. The fourth-order valence-corrected chi connectivity index (χ4v) is 3.06. The maximum absolute atomic E-state index is 12.8.